The molecule has 5 fully saturated rings. The summed E-state index contributed by atoms with van der Waals surface area (Å²) in [5.41, 5.74) is 2.58. The molecular weight excluding hydrogens is 432 g/mol. The zero-order valence-electron chi connectivity index (χ0n) is 22.4. The standard InChI is InChI=1S/C31H49N2O2/c1-4-6-7-8-9-10-11-12-15-18-33-25-19-22(21(5-2)30(33)35)27-26(33)20-31(29(27)34)23-16-13-14-17-24(23)32(3)28(25)31/h13-14,16-17,21-22,25-30,34-35H,4-12,15,18-20H2,1-3H3/q+1/t21-,22-,25?,26-,27?,28-,29-,30+,31?,33?/m0/s1. The Morgan fingerprint density at radius 1 is 0.943 bits per heavy atom. The number of benzene rings is 1. The van der Waals surface area contributed by atoms with Crippen LogP contribution in [0.5, 0.6) is 0 Å². The molecule has 5 heterocycles. The highest BCUT2D eigenvalue weighted by atomic mass is 16.3. The molecule has 4 saturated heterocycles. The van der Waals surface area contributed by atoms with Crippen LogP contribution in [0.2, 0.25) is 0 Å². The van der Waals surface area contributed by atoms with Gasteiger partial charge in [0.2, 0.25) is 0 Å². The average Bonchev–Trinajstić information content (AvgIpc) is 3.26. The van der Waals surface area contributed by atoms with E-state index in [1.54, 1.807) is 0 Å². The quantitative estimate of drug-likeness (QED) is 0.319. The number of rotatable bonds is 11. The molecule has 5 bridgehead atoms. The van der Waals surface area contributed by atoms with Crippen molar-refractivity contribution >= 4 is 5.69 Å². The molecule has 4 nitrogen and oxygen atoms in total. The molecule has 4 heteroatoms. The van der Waals surface area contributed by atoms with Gasteiger partial charge in [-0.05, 0) is 36.8 Å². The molecule has 1 aliphatic carbocycles. The second-order valence-electron chi connectivity index (χ2n) is 12.9. The van der Waals surface area contributed by atoms with Crippen molar-refractivity contribution in [1.29, 1.82) is 0 Å². The third-order valence-corrected chi connectivity index (χ3v) is 11.8. The van der Waals surface area contributed by atoms with Crippen molar-refractivity contribution in [2.75, 3.05) is 18.5 Å². The number of piperidine rings is 4. The van der Waals surface area contributed by atoms with Crippen molar-refractivity contribution in [3.05, 3.63) is 29.8 Å². The Labute approximate surface area is 213 Å². The Morgan fingerprint density at radius 3 is 2.34 bits per heavy atom. The predicted octanol–water partition coefficient (Wildman–Crippen LogP) is 5.60. The average molecular weight is 482 g/mol. The fraction of sp³-hybridized carbons (Fsp3) is 0.806. The summed E-state index contributed by atoms with van der Waals surface area (Å²) in [6, 6.07) is 10.1. The minimum Gasteiger partial charge on any atom is -0.392 e. The van der Waals surface area contributed by atoms with Gasteiger partial charge in [-0.2, -0.15) is 0 Å². The van der Waals surface area contributed by atoms with E-state index in [0.717, 1.165) is 23.9 Å². The highest BCUT2D eigenvalue weighted by molar-refractivity contribution is 5.66. The third-order valence-electron chi connectivity index (χ3n) is 11.8. The van der Waals surface area contributed by atoms with Gasteiger partial charge in [0.25, 0.3) is 0 Å². The molecule has 2 N–H and O–H groups in total. The first-order valence-corrected chi connectivity index (χ1v) is 15.1. The zero-order valence-corrected chi connectivity index (χ0v) is 22.4. The van der Waals surface area contributed by atoms with E-state index >= 15 is 0 Å². The highest BCUT2D eigenvalue weighted by Crippen LogP contribution is 2.71. The van der Waals surface area contributed by atoms with Gasteiger partial charge in [-0.3, -0.25) is 4.48 Å². The summed E-state index contributed by atoms with van der Waals surface area (Å²) in [7, 11) is 2.27. The Hall–Kier alpha value is -1.10. The van der Waals surface area contributed by atoms with Crippen LogP contribution in [-0.2, 0) is 5.41 Å². The largest absolute Gasteiger partial charge is 0.392 e. The van der Waals surface area contributed by atoms with Gasteiger partial charge in [0.05, 0.1) is 30.1 Å². The van der Waals surface area contributed by atoms with Crippen LogP contribution in [0, 0.1) is 17.8 Å². The van der Waals surface area contributed by atoms with Crippen LogP contribution in [0.4, 0.5) is 5.69 Å². The van der Waals surface area contributed by atoms with Crippen molar-refractivity contribution in [3.8, 4) is 0 Å². The molecule has 0 radical (unpaired) electrons. The number of aliphatic hydroxyl groups excluding tert-OH is 2. The second kappa shape index (κ2) is 9.03. The molecule has 1 spiro atoms. The Morgan fingerprint density at radius 2 is 1.63 bits per heavy atom. The van der Waals surface area contributed by atoms with Gasteiger partial charge in [0.15, 0.2) is 6.23 Å². The van der Waals surface area contributed by atoms with Gasteiger partial charge in [-0.1, -0.05) is 77.0 Å². The smallest absolute Gasteiger partial charge is 0.194 e. The van der Waals surface area contributed by atoms with E-state index in [-0.39, 0.29) is 17.7 Å². The van der Waals surface area contributed by atoms with Crippen molar-refractivity contribution in [2.24, 2.45) is 17.8 Å². The normalized spacial score (nSPS) is 44.2. The lowest BCUT2D eigenvalue weighted by molar-refractivity contribution is -1.04. The number of hydrogen-bond acceptors (Lipinski definition) is 3. The minimum absolute atomic E-state index is 0.136. The van der Waals surface area contributed by atoms with E-state index in [4.69, 9.17) is 0 Å². The Balaban J connectivity index is 1.26. The molecule has 0 amide bonds. The molecule has 6 aliphatic rings. The van der Waals surface area contributed by atoms with Gasteiger partial charge in [0.1, 0.15) is 6.04 Å². The van der Waals surface area contributed by atoms with E-state index in [0.29, 0.717) is 35.9 Å². The highest BCUT2D eigenvalue weighted by Gasteiger charge is 2.82. The summed E-state index contributed by atoms with van der Waals surface area (Å²) in [5, 5.41) is 24.2. The van der Waals surface area contributed by atoms with Crippen molar-refractivity contribution in [1.82, 2.24) is 0 Å². The number of para-hydroxylation sites is 1. The summed E-state index contributed by atoms with van der Waals surface area (Å²) >= 11 is 0. The van der Waals surface area contributed by atoms with Crippen LogP contribution in [-0.4, -0.2) is 58.7 Å². The monoisotopic (exact) mass is 481 g/mol. The van der Waals surface area contributed by atoms with Crippen LogP contribution in [0.1, 0.15) is 96.5 Å². The van der Waals surface area contributed by atoms with E-state index in [1.807, 2.05) is 0 Å². The summed E-state index contributed by atoms with van der Waals surface area (Å²) in [5.74, 6) is 1.17. The lowest BCUT2D eigenvalue weighted by Crippen LogP contribution is -2.83. The first kappa shape index (κ1) is 24.2. The summed E-state index contributed by atoms with van der Waals surface area (Å²) in [4.78, 5) is 2.52. The molecule has 35 heavy (non-hydrogen) atoms. The number of anilines is 1. The van der Waals surface area contributed by atoms with Crippen LogP contribution >= 0.6 is 0 Å². The van der Waals surface area contributed by atoms with Crippen molar-refractivity contribution < 1.29 is 14.7 Å². The maximum Gasteiger partial charge on any atom is 0.194 e. The molecule has 0 aromatic heterocycles. The number of quaternary nitrogens is 1. The number of hydrogen-bond donors (Lipinski definition) is 2. The van der Waals surface area contributed by atoms with Crippen LogP contribution in [0.25, 0.3) is 0 Å². The van der Waals surface area contributed by atoms with E-state index < -0.39 is 0 Å². The molecule has 7 rings (SSSR count). The predicted molar refractivity (Wildman–Crippen MR) is 142 cm³/mol. The fourth-order valence-electron chi connectivity index (χ4n) is 10.5. The van der Waals surface area contributed by atoms with Gasteiger partial charge >= 0.3 is 0 Å². The maximum atomic E-state index is 12.2. The molecule has 1 saturated carbocycles. The second-order valence-corrected chi connectivity index (χ2v) is 12.9. The van der Waals surface area contributed by atoms with Crippen LogP contribution in [0.3, 0.4) is 0 Å². The number of aliphatic hydroxyl groups is 2. The fourth-order valence-corrected chi connectivity index (χ4v) is 10.5. The van der Waals surface area contributed by atoms with Crippen LogP contribution in [0.15, 0.2) is 24.3 Å². The van der Waals surface area contributed by atoms with Crippen LogP contribution < -0.4 is 4.90 Å². The Kier molecular flexibility index (Phi) is 6.25. The van der Waals surface area contributed by atoms with Crippen molar-refractivity contribution in [3.63, 3.8) is 0 Å². The molecule has 5 aliphatic heterocycles. The first-order valence-electron chi connectivity index (χ1n) is 15.1. The zero-order chi connectivity index (χ0) is 24.4. The first-order chi connectivity index (χ1) is 17.0. The van der Waals surface area contributed by atoms with Gasteiger partial charge < -0.3 is 15.1 Å². The number of unbranched alkanes of at least 4 members (excludes halogenated alkanes) is 8. The molecular formula is C31H49N2O2+. The topological polar surface area (TPSA) is 43.7 Å². The summed E-state index contributed by atoms with van der Waals surface area (Å²) < 4.78 is 0.901. The summed E-state index contributed by atoms with van der Waals surface area (Å²) in [6.45, 7) is 5.66. The Bertz CT molecular complexity index is 921. The maximum absolute atomic E-state index is 12.2. The minimum atomic E-state index is -0.275. The van der Waals surface area contributed by atoms with Gasteiger partial charge in [0, 0.05) is 37.4 Å². The molecule has 1 aromatic carbocycles. The van der Waals surface area contributed by atoms with Gasteiger partial charge in [-0.15, -0.1) is 0 Å². The third kappa shape index (κ3) is 3.09. The molecule has 194 valence electrons. The SMILES string of the molecule is CCCCCCCCCCC[N+]12C3C[C@H](C4[C@H](O)C5(C[C@@H]41)c1ccccc1N(C)[C@@H]35)[C@H](CC)[C@H]2O. The molecule has 4 unspecified atom stereocenters. The molecule has 1 aromatic rings. The van der Waals surface area contributed by atoms with E-state index in [2.05, 4.69) is 50.1 Å². The van der Waals surface area contributed by atoms with Gasteiger partial charge in [-0.25, -0.2) is 0 Å². The lowest BCUT2D eigenvalue weighted by atomic mass is 9.60. The van der Waals surface area contributed by atoms with E-state index in [1.165, 1.54) is 75.5 Å². The van der Waals surface area contributed by atoms with E-state index in [9.17, 15) is 10.2 Å². The number of fused-ring (bicyclic) bond motifs is 2. The number of nitrogens with zero attached hydrogens (tertiary/aromatic N) is 2. The van der Waals surface area contributed by atoms with Crippen molar-refractivity contribution in [2.45, 2.75) is 127 Å². The molecule has 10 atom stereocenters. The summed E-state index contributed by atoms with van der Waals surface area (Å²) in [6.07, 6.45) is 14.9. The number of likely N-dealkylation sites (N-methyl/N-ethyl adjacent to an activating group) is 1. The lowest BCUT2D eigenvalue weighted by Gasteiger charge is -2.68.